The van der Waals surface area contributed by atoms with E-state index in [0.29, 0.717) is 5.82 Å². The third-order valence-corrected chi connectivity index (χ3v) is 0.961. The molecule has 50 valence electrons. The van der Waals surface area contributed by atoms with Crippen molar-refractivity contribution in [2.45, 2.75) is 0 Å². The van der Waals surface area contributed by atoms with E-state index in [9.17, 15) is 0 Å². The van der Waals surface area contributed by atoms with E-state index >= 15 is 0 Å². The minimum atomic E-state index is 0.711. The molecule has 1 heterocycles. The van der Waals surface area contributed by atoms with Crippen LogP contribution in [0.2, 0.25) is 0 Å². The number of hydrogen-bond acceptors (Lipinski definition) is 2. The van der Waals surface area contributed by atoms with E-state index < -0.39 is 0 Å². The van der Waals surface area contributed by atoms with Gasteiger partial charge in [-0.25, -0.2) is 9.98 Å². The molecular weight excluding hydrogens is 124 g/mol. The first-order chi connectivity index (χ1) is 4.93. The summed E-state index contributed by atoms with van der Waals surface area (Å²) >= 11 is 0. The van der Waals surface area contributed by atoms with Crippen molar-refractivity contribution in [1.82, 2.24) is 4.98 Å². The van der Waals surface area contributed by atoms with Gasteiger partial charge in [-0.1, -0.05) is 18.7 Å². The molecule has 0 aliphatic carbocycles. The number of aromatic nitrogens is 1. The molecule has 0 aromatic carbocycles. The molecule has 10 heavy (non-hydrogen) atoms. The summed E-state index contributed by atoms with van der Waals surface area (Å²) < 4.78 is 0. The number of aliphatic imine (C=N–C) groups is 1. The van der Waals surface area contributed by atoms with Gasteiger partial charge in [0.15, 0.2) is 5.82 Å². The zero-order valence-corrected chi connectivity index (χ0v) is 5.57. The lowest BCUT2D eigenvalue weighted by atomic mass is 10.5. The van der Waals surface area contributed by atoms with Gasteiger partial charge in [-0.15, -0.1) is 0 Å². The molecule has 0 radical (unpaired) electrons. The van der Waals surface area contributed by atoms with Gasteiger partial charge in [0, 0.05) is 12.4 Å². The van der Waals surface area contributed by atoms with Gasteiger partial charge in [0.1, 0.15) is 0 Å². The van der Waals surface area contributed by atoms with Gasteiger partial charge in [-0.3, -0.25) is 0 Å². The van der Waals surface area contributed by atoms with Gasteiger partial charge in [0.25, 0.3) is 0 Å². The summed E-state index contributed by atoms with van der Waals surface area (Å²) in [5, 5.41) is 0. The number of pyridine rings is 1. The van der Waals surface area contributed by atoms with Crippen molar-refractivity contribution in [3.05, 3.63) is 37.1 Å². The quantitative estimate of drug-likeness (QED) is 0.565. The van der Waals surface area contributed by atoms with Crippen molar-refractivity contribution in [3.8, 4) is 0 Å². The highest BCUT2D eigenvalue weighted by atomic mass is 14.9. The van der Waals surface area contributed by atoms with Crippen LogP contribution in [0.1, 0.15) is 0 Å². The van der Waals surface area contributed by atoms with Gasteiger partial charge in [-0.05, 0) is 12.1 Å². The average molecular weight is 132 g/mol. The molecule has 0 amide bonds. The van der Waals surface area contributed by atoms with Gasteiger partial charge < -0.3 is 0 Å². The highest BCUT2D eigenvalue weighted by Crippen LogP contribution is 2.02. The lowest BCUT2D eigenvalue weighted by molar-refractivity contribution is 1.28. The first-order valence-electron chi connectivity index (χ1n) is 2.99. The Kier molecular flexibility index (Phi) is 2.38. The average Bonchev–Trinajstić information content (AvgIpc) is 2.03. The third-order valence-electron chi connectivity index (χ3n) is 0.961. The normalized spacial score (nSPS) is 10.0. The lowest BCUT2D eigenvalue weighted by Crippen LogP contribution is -1.70. The Bertz CT molecular complexity index is 226. The molecule has 0 saturated heterocycles. The maximum absolute atomic E-state index is 3.97. The van der Waals surface area contributed by atoms with E-state index in [4.69, 9.17) is 0 Å². The Morgan fingerprint density at radius 1 is 1.50 bits per heavy atom. The molecule has 0 aliphatic rings. The number of rotatable bonds is 2. The Morgan fingerprint density at radius 2 is 2.40 bits per heavy atom. The van der Waals surface area contributed by atoms with E-state index in [1.165, 1.54) is 0 Å². The second-order valence-corrected chi connectivity index (χ2v) is 1.70. The molecule has 2 nitrogen and oxygen atoms in total. The van der Waals surface area contributed by atoms with Crippen LogP contribution in [0.15, 0.2) is 42.0 Å². The second kappa shape index (κ2) is 3.56. The Labute approximate surface area is 60.0 Å². The summed E-state index contributed by atoms with van der Waals surface area (Å²) in [6, 6.07) is 5.58. The van der Waals surface area contributed by atoms with Crippen LogP contribution in [0, 0.1) is 0 Å². The van der Waals surface area contributed by atoms with Crippen molar-refractivity contribution >= 4 is 12.0 Å². The highest BCUT2D eigenvalue weighted by molar-refractivity contribution is 5.72. The molecule has 1 aromatic heterocycles. The van der Waals surface area contributed by atoms with E-state index in [2.05, 4.69) is 16.6 Å². The first-order valence-corrected chi connectivity index (χ1v) is 2.99. The van der Waals surface area contributed by atoms with Crippen LogP contribution in [-0.2, 0) is 0 Å². The van der Waals surface area contributed by atoms with E-state index in [-0.39, 0.29) is 0 Å². The predicted molar refractivity (Wildman–Crippen MR) is 42.6 cm³/mol. The summed E-state index contributed by atoms with van der Waals surface area (Å²) in [4.78, 5) is 7.94. The number of allylic oxidation sites excluding steroid dienone is 1. The maximum atomic E-state index is 3.97. The molecule has 0 N–H and O–H groups in total. The molecule has 0 bridgehead atoms. The summed E-state index contributed by atoms with van der Waals surface area (Å²) in [5.74, 6) is 0.711. The van der Waals surface area contributed by atoms with Gasteiger partial charge in [0.05, 0.1) is 0 Å². The van der Waals surface area contributed by atoms with Crippen LogP contribution < -0.4 is 0 Å². The van der Waals surface area contributed by atoms with Gasteiger partial charge >= 0.3 is 0 Å². The molecule has 0 saturated carbocycles. The molecule has 0 unspecified atom stereocenters. The molecule has 1 aromatic rings. The number of nitrogens with zero attached hydrogens (tertiary/aromatic N) is 2. The standard InChI is InChI=1S/C8H8N2/c1-2-6-9-8-5-3-4-7-10-8/h2-7H,1H2/b9-6+. The summed E-state index contributed by atoms with van der Waals surface area (Å²) in [7, 11) is 0. The lowest BCUT2D eigenvalue weighted by Gasteiger charge is -1.86. The fraction of sp³-hybridized carbons (Fsp3) is 0. The summed E-state index contributed by atoms with van der Waals surface area (Å²) in [6.07, 6.45) is 4.94. The topological polar surface area (TPSA) is 25.2 Å². The molecular formula is C8H8N2. The van der Waals surface area contributed by atoms with Gasteiger partial charge in [-0.2, -0.15) is 0 Å². The molecule has 0 aliphatic heterocycles. The van der Waals surface area contributed by atoms with Crippen LogP contribution in [0.4, 0.5) is 5.82 Å². The number of hydrogen-bond donors (Lipinski definition) is 0. The fourth-order valence-corrected chi connectivity index (χ4v) is 0.559. The monoisotopic (exact) mass is 132 g/mol. The minimum absolute atomic E-state index is 0.711. The molecule has 2 heteroatoms. The van der Waals surface area contributed by atoms with Gasteiger partial charge in [0.2, 0.25) is 0 Å². The van der Waals surface area contributed by atoms with Crippen molar-refractivity contribution in [2.24, 2.45) is 4.99 Å². The zero-order chi connectivity index (χ0) is 7.23. The Hall–Kier alpha value is -1.44. The van der Waals surface area contributed by atoms with Crippen molar-refractivity contribution < 1.29 is 0 Å². The Balaban J connectivity index is 2.76. The van der Waals surface area contributed by atoms with Crippen LogP contribution in [0.25, 0.3) is 0 Å². The van der Waals surface area contributed by atoms with Crippen LogP contribution in [0.5, 0.6) is 0 Å². The minimum Gasteiger partial charge on any atom is -0.237 e. The third kappa shape index (κ3) is 1.82. The molecule has 0 spiro atoms. The molecule has 0 atom stereocenters. The largest absolute Gasteiger partial charge is 0.237 e. The van der Waals surface area contributed by atoms with E-state index in [1.54, 1.807) is 18.5 Å². The summed E-state index contributed by atoms with van der Waals surface area (Å²) in [5.41, 5.74) is 0. The van der Waals surface area contributed by atoms with Crippen LogP contribution in [0.3, 0.4) is 0 Å². The Morgan fingerprint density at radius 3 is 3.00 bits per heavy atom. The van der Waals surface area contributed by atoms with E-state index in [1.807, 2.05) is 18.2 Å². The zero-order valence-electron chi connectivity index (χ0n) is 5.57. The second-order valence-electron chi connectivity index (χ2n) is 1.70. The summed E-state index contributed by atoms with van der Waals surface area (Å²) in [6.45, 7) is 3.50. The first kappa shape index (κ1) is 6.68. The fourth-order valence-electron chi connectivity index (χ4n) is 0.559. The van der Waals surface area contributed by atoms with Crippen molar-refractivity contribution in [2.75, 3.05) is 0 Å². The maximum Gasteiger partial charge on any atom is 0.151 e. The predicted octanol–water partition coefficient (Wildman–Crippen LogP) is 1.97. The SMILES string of the molecule is C=C/C=N/c1ccccn1. The molecule has 0 fully saturated rings. The highest BCUT2D eigenvalue weighted by Gasteiger charge is 1.80. The van der Waals surface area contributed by atoms with Crippen LogP contribution in [-0.4, -0.2) is 11.2 Å². The smallest absolute Gasteiger partial charge is 0.151 e. The molecule has 1 rings (SSSR count). The van der Waals surface area contributed by atoms with E-state index in [0.717, 1.165) is 0 Å². The van der Waals surface area contributed by atoms with Crippen molar-refractivity contribution in [3.63, 3.8) is 0 Å². The van der Waals surface area contributed by atoms with Crippen molar-refractivity contribution in [1.29, 1.82) is 0 Å². The van der Waals surface area contributed by atoms with Crippen LogP contribution >= 0.6 is 0 Å².